The molecule has 1 fully saturated rings. The van der Waals surface area contributed by atoms with E-state index in [1.807, 2.05) is 24.7 Å². The largest absolute Gasteiger partial charge is 0.481 e. The van der Waals surface area contributed by atoms with Crippen LogP contribution in [0.4, 0.5) is 0 Å². The summed E-state index contributed by atoms with van der Waals surface area (Å²) in [7, 11) is 1.62. The van der Waals surface area contributed by atoms with E-state index < -0.39 is 0 Å². The molecule has 3 rings (SSSR count). The van der Waals surface area contributed by atoms with Crippen LogP contribution in [0.5, 0.6) is 5.88 Å². The van der Waals surface area contributed by atoms with Crippen molar-refractivity contribution in [1.29, 1.82) is 0 Å². The second-order valence-corrected chi connectivity index (χ2v) is 4.40. The van der Waals surface area contributed by atoms with E-state index >= 15 is 0 Å². The van der Waals surface area contributed by atoms with Crippen LogP contribution < -0.4 is 10.1 Å². The number of nitrogens with one attached hydrogen (secondary N) is 1. The molecule has 0 bridgehead atoms. The molecular formula is C13H16N4O. The topological polar surface area (TPSA) is 52.0 Å². The highest BCUT2D eigenvalue weighted by Crippen LogP contribution is 2.25. The summed E-state index contributed by atoms with van der Waals surface area (Å²) in [4.78, 5) is 8.48. The Balaban J connectivity index is 1.93. The van der Waals surface area contributed by atoms with Gasteiger partial charge in [-0.1, -0.05) is 0 Å². The van der Waals surface area contributed by atoms with Crippen LogP contribution >= 0.6 is 0 Å². The maximum Gasteiger partial charge on any atom is 0.213 e. The van der Waals surface area contributed by atoms with Crippen molar-refractivity contribution in [2.45, 2.75) is 18.9 Å². The molecule has 5 nitrogen and oxygen atoms in total. The molecule has 2 aromatic heterocycles. The zero-order valence-electron chi connectivity index (χ0n) is 10.3. The Morgan fingerprint density at radius 3 is 3.00 bits per heavy atom. The van der Waals surface area contributed by atoms with Crippen LogP contribution in [-0.4, -0.2) is 28.2 Å². The first-order valence-corrected chi connectivity index (χ1v) is 6.14. The molecule has 1 N–H and O–H groups in total. The van der Waals surface area contributed by atoms with E-state index in [9.17, 15) is 0 Å². The summed E-state index contributed by atoms with van der Waals surface area (Å²) in [6, 6.07) is 4.25. The van der Waals surface area contributed by atoms with Crippen LogP contribution in [0, 0.1) is 0 Å². The van der Waals surface area contributed by atoms with Gasteiger partial charge in [-0.3, -0.25) is 0 Å². The number of hydrogen-bond donors (Lipinski definition) is 1. The molecule has 0 saturated carbocycles. The third-order valence-electron chi connectivity index (χ3n) is 3.29. The minimum Gasteiger partial charge on any atom is -0.481 e. The molecule has 1 saturated heterocycles. The molecule has 1 unspecified atom stereocenters. The van der Waals surface area contributed by atoms with Gasteiger partial charge in [0.25, 0.3) is 0 Å². The molecule has 1 aliphatic rings. The average molecular weight is 244 g/mol. The molecule has 0 radical (unpaired) electrons. The van der Waals surface area contributed by atoms with E-state index in [4.69, 9.17) is 4.74 Å². The number of rotatable bonds is 3. The SMILES string of the molecule is COc1ccc(-n2cncc2C2CCCN2)cn1. The maximum absolute atomic E-state index is 5.07. The van der Waals surface area contributed by atoms with Crippen molar-refractivity contribution in [3.63, 3.8) is 0 Å². The Morgan fingerprint density at radius 1 is 1.39 bits per heavy atom. The van der Waals surface area contributed by atoms with Crippen LogP contribution in [0.2, 0.25) is 0 Å². The highest BCUT2D eigenvalue weighted by Gasteiger charge is 2.20. The molecule has 0 amide bonds. The monoisotopic (exact) mass is 244 g/mol. The van der Waals surface area contributed by atoms with E-state index in [1.54, 1.807) is 13.3 Å². The van der Waals surface area contributed by atoms with Gasteiger partial charge in [0.1, 0.15) is 0 Å². The van der Waals surface area contributed by atoms with Crippen LogP contribution in [0.25, 0.3) is 5.69 Å². The summed E-state index contributed by atoms with van der Waals surface area (Å²) >= 11 is 0. The quantitative estimate of drug-likeness (QED) is 0.893. The first kappa shape index (κ1) is 11.2. The van der Waals surface area contributed by atoms with E-state index in [2.05, 4.69) is 19.9 Å². The smallest absolute Gasteiger partial charge is 0.213 e. The maximum atomic E-state index is 5.07. The lowest BCUT2D eigenvalue weighted by Crippen LogP contribution is -2.16. The van der Waals surface area contributed by atoms with Crippen molar-refractivity contribution >= 4 is 0 Å². The number of ether oxygens (including phenoxy) is 1. The lowest BCUT2D eigenvalue weighted by atomic mass is 10.1. The van der Waals surface area contributed by atoms with Crippen molar-refractivity contribution in [2.75, 3.05) is 13.7 Å². The summed E-state index contributed by atoms with van der Waals surface area (Å²) in [5.41, 5.74) is 2.21. The second kappa shape index (κ2) is 4.78. The molecular weight excluding hydrogens is 228 g/mol. The fourth-order valence-electron chi connectivity index (χ4n) is 2.35. The Bertz CT molecular complexity index is 514. The molecule has 18 heavy (non-hydrogen) atoms. The van der Waals surface area contributed by atoms with Gasteiger partial charge in [-0.15, -0.1) is 0 Å². The Labute approximate surface area is 106 Å². The third kappa shape index (κ3) is 1.97. The lowest BCUT2D eigenvalue weighted by Gasteiger charge is -2.13. The van der Waals surface area contributed by atoms with Gasteiger partial charge in [-0.25, -0.2) is 9.97 Å². The minimum absolute atomic E-state index is 0.398. The summed E-state index contributed by atoms with van der Waals surface area (Å²) in [6.45, 7) is 1.08. The molecule has 94 valence electrons. The fourth-order valence-corrected chi connectivity index (χ4v) is 2.35. The molecule has 1 aliphatic heterocycles. The van der Waals surface area contributed by atoms with Crippen LogP contribution in [-0.2, 0) is 0 Å². The first-order valence-electron chi connectivity index (χ1n) is 6.14. The van der Waals surface area contributed by atoms with Gasteiger partial charge in [0.15, 0.2) is 0 Å². The summed E-state index contributed by atoms with van der Waals surface area (Å²) in [5, 5.41) is 3.49. The number of aromatic nitrogens is 3. The van der Waals surface area contributed by atoms with Gasteiger partial charge >= 0.3 is 0 Å². The van der Waals surface area contributed by atoms with Gasteiger partial charge in [-0.2, -0.15) is 0 Å². The van der Waals surface area contributed by atoms with Crippen molar-refractivity contribution in [3.05, 3.63) is 36.5 Å². The summed E-state index contributed by atoms with van der Waals surface area (Å²) in [5.74, 6) is 0.624. The van der Waals surface area contributed by atoms with Crippen molar-refractivity contribution < 1.29 is 4.74 Å². The van der Waals surface area contributed by atoms with Crippen LogP contribution in [0.3, 0.4) is 0 Å². The molecule has 1 atom stereocenters. The predicted octanol–water partition coefficient (Wildman–Crippen LogP) is 1.70. The van der Waals surface area contributed by atoms with Gasteiger partial charge in [-0.05, 0) is 25.5 Å². The second-order valence-electron chi connectivity index (χ2n) is 4.40. The molecule has 5 heteroatoms. The number of imidazole rings is 1. The van der Waals surface area contributed by atoms with Crippen LogP contribution in [0.15, 0.2) is 30.9 Å². The normalized spacial score (nSPS) is 19.1. The van der Waals surface area contributed by atoms with E-state index in [-0.39, 0.29) is 0 Å². The van der Waals surface area contributed by atoms with Crippen LogP contribution in [0.1, 0.15) is 24.6 Å². The molecule has 3 heterocycles. The average Bonchev–Trinajstić information content (AvgIpc) is 3.09. The van der Waals surface area contributed by atoms with E-state index in [1.165, 1.54) is 12.1 Å². The highest BCUT2D eigenvalue weighted by molar-refractivity contribution is 5.34. The number of nitrogens with zero attached hydrogens (tertiary/aromatic N) is 3. The van der Waals surface area contributed by atoms with Gasteiger partial charge in [0.05, 0.1) is 37.2 Å². The van der Waals surface area contributed by atoms with Gasteiger partial charge < -0.3 is 14.6 Å². The Hall–Kier alpha value is -1.88. The molecule has 0 aliphatic carbocycles. The predicted molar refractivity (Wildman–Crippen MR) is 67.9 cm³/mol. The molecule has 0 aromatic carbocycles. The minimum atomic E-state index is 0.398. The Kier molecular flexibility index (Phi) is 2.98. The van der Waals surface area contributed by atoms with E-state index in [0.717, 1.165) is 18.7 Å². The molecule has 0 spiro atoms. The number of hydrogen-bond acceptors (Lipinski definition) is 4. The Morgan fingerprint density at radius 2 is 2.33 bits per heavy atom. The van der Waals surface area contributed by atoms with Crippen molar-refractivity contribution in [2.24, 2.45) is 0 Å². The molecule has 2 aromatic rings. The summed E-state index contributed by atoms with van der Waals surface area (Å²) in [6.07, 6.45) is 7.94. The number of pyridine rings is 1. The van der Waals surface area contributed by atoms with Crippen molar-refractivity contribution in [3.8, 4) is 11.6 Å². The third-order valence-corrected chi connectivity index (χ3v) is 3.29. The zero-order chi connectivity index (χ0) is 12.4. The first-order chi connectivity index (χ1) is 8.88. The van der Waals surface area contributed by atoms with Gasteiger partial charge in [0.2, 0.25) is 5.88 Å². The standard InChI is InChI=1S/C13H16N4O/c1-18-13-5-4-10(7-16-13)17-9-14-8-12(17)11-3-2-6-15-11/h4-5,7-9,11,15H,2-3,6H2,1H3. The fraction of sp³-hybridized carbons (Fsp3) is 0.385. The zero-order valence-corrected chi connectivity index (χ0v) is 10.3. The number of methoxy groups -OCH3 is 1. The highest BCUT2D eigenvalue weighted by atomic mass is 16.5. The van der Waals surface area contributed by atoms with Gasteiger partial charge in [0, 0.05) is 12.1 Å². The summed E-state index contributed by atoms with van der Waals surface area (Å²) < 4.78 is 7.15. The lowest BCUT2D eigenvalue weighted by molar-refractivity contribution is 0.397. The van der Waals surface area contributed by atoms with Crippen molar-refractivity contribution in [1.82, 2.24) is 19.9 Å². The van der Waals surface area contributed by atoms with E-state index in [0.29, 0.717) is 11.9 Å².